The summed E-state index contributed by atoms with van der Waals surface area (Å²) in [6.07, 6.45) is 10.5. The Morgan fingerprint density at radius 1 is 1.00 bits per heavy atom. The lowest BCUT2D eigenvalue weighted by atomic mass is 10.0. The van der Waals surface area contributed by atoms with Crippen LogP contribution in [0.3, 0.4) is 0 Å². The highest BCUT2D eigenvalue weighted by Crippen LogP contribution is 2.38. The van der Waals surface area contributed by atoms with Crippen LogP contribution >= 0.6 is 19.0 Å². The second-order valence-electron chi connectivity index (χ2n) is 4.83. The molecule has 0 saturated heterocycles. The molecule has 0 aliphatic heterocycles. The standard InChI is InChI=1S/C15H24ClO2P/c1-2-3-4-5-6-7-8-9-14-10-12-15(13-11-14)18-19(16)17/h10-13,17H,2-9H2,1H3. The van der Waals surface area contributed by atoms with Gasteiger partial charge >= 0.3 is 7.73 Å². The molecule has 0 saturated carbocycles. The average molecular weight is 303 g/mol. The number of unbranched alkanes of at least 4 members (excludes halogenated alkanes) is 6. The quantitative estimate of drug-likeness (QED) is 0.436. The molecule has 0 fully saturated rings. The van der Waals surface area contributed by atoms with Crippen LogP contribution in [0.2, 0.25) is 0 Å². The molecule has 1 aromatic rings. The van der Waals surface area contributed by atoms with Gasteiger partial charge in [-0.1, -0.05) is 57.6 Å². The maximum Gasteiger partial charge on any atom is 0.335 e. The number of halogens is 1. The van der Waals surface area contributed by atoms with E-state index in [9.17, 15) is 0 Å². The van der Waals surface area contributed by atoms with Crippen molar-refractivity contribution in [2.24, 2.45) is 0 Å². The summed E-state index contributed by atoms with van der Waals surface area (Å²) in [5, 5.41) is 0. The molecule has 0 aliphatic rings. The largest absolute Gasteiger partial charge is 0.436 e. The summed E-state index contributed by atoms with van der Waals surface area (Å²) in [7, 11) is -1.84. The summed E-state index contributed by atoms with van der Waals surface area (Å²) in [5.74, 6) is 0.631. The molecular formula is C15H24ClO2P. The topological polar surface area (TPSA) is 29.5 Å². The van der Waals surface area contributed by atoms with Crippen molar-refractivity contribution in [1.82, 2.24) is 0 Å². The minimum Gasteiger partial charge on any atom is -0.436 e. The molecule has 1 aromatic carbocycles. The van der Waals surface area contributed by atoms with E-state index >= 15 is 0 Å². The van der Waals surface area contributed by atoms with Crippen LogP contribution in [0, 0.1) is 0 Å². The van der Waals surface area contributed by atoms with Gasteiger partial charge in [-0.15, -0.1) is 0 Å². The molecular weight excluding hydrogens is 279 g/mol. The van der Waals surface area contributed by atoms with Crippen LogP contribution < -0.4 is 4.52 Å². The molecule has 0 heterocycles. The van der Waals surface area contributed by atoms with Crippen molar-refractivity contribution in [2.45, 2.75) is 58.3 Å². The highest BCUT2D eigenvalue weighted by Gasteiger charge is 2.02. The van der Waals surface area contributed by atoms with Crippen molar-refractivity contribution in [1.29, 1.82) is 0 Å². The van der Waals surface area contributed by atoms with Crippen LogP contribution in [0.5, 0.6) is 5.75 Å². The Morgan fingerprint density at radius 2 is 1.58 bits per heavy atom. The van der Waals surface area contributed by atoms with Gasteiger partial charge in [-0.2, -0.15) is 0 Å². The monoisotopic (exact) mass is 302 g/mol. The summed E-state index contributed by atoms with van der Waals surface area (Å²) in [6.45, 7) is 2.25. The average Bonchev–Trinajstić information content (AvgIpc) is 2.39. The summed E-state index contributed by atoms with van der Waals surface area (Å²) in [6, 6.07) is 7.82. The zero-order chi connectivity index (χ0) is 13.9. The SMILES string of the molecule is CCCCCCCCCc1ccc(OP(O)Cl)cc1. The summed E-state index contributed by atoms with van der Waals surface area (Å²) in [5.41, 5.74) is 1.32. The molecule has 0 radical (unpaired) electrons. The van der Waals surface area contributed by atoms with Gasteiger partial charge in [-0.05, 0) is 41.8 Å². The van der Waals surface area contributed by atoms with Crippen LogP contribution in [0.25, 0.3) is 0 Å². The zero-order valence-corrected chi connectivity index (χ0v) is 13.3. The van der Waals surface area contributed by atoms with Gasteiger partial charge in [0.05, 0.1) is 0 Å². The molecule has 1 N–H and O–H groups in total. The molecule has 0 spiro atoms. The van der Waals surface area contributed by atoms with Crippen molar-refractivity contribution >= 4 is 19.0 Å². The number of benzene rings is 1. The number of aryl methyl sites for hydroxylation is 1. The molecule has 108 valence electrons. The van der Waals surface area contributed by atoms with Crippen molar-refractivity contribution in [2.75, 3.05) is 0 Å². The molecule has 0 aliphatic carbocycles. The van der Waals surface area contributed by atoms with E-state index in [4.69, 9.17) is 20.7 Å². The molecule has 0 bridgehead atoms. The Balaban J connectivity index is 2.12. The fourth-order valence-corrected chi connectivity index (χ4v) is 2.62. The maximum atomic E-state index is 8.95. The third-order valence-corrected chi connectivity index (χ3v) is 3.74. The van der Waals surface area contributed by atoms with E-state index in [-0.39, 0.29) is 0 Å². The van der Waals surface area contributed by atoms with Crippen molar-refractivity contribution in [3.05, 3.63) is 29.8 Å². The molecule has 1 unspecified atom stereocenters. The summed E-state index contributed by atoms with van der Waals surface area (Å²) in [4.78, 5) is 8.95. The lowest BCUT2D eigenvalue weighted by molar-refractivity contribution is 0.506. The van der Waals surface area contributed by atoms with Crippen LogP contribution in [-0.2, 0) is 6.42 Å². The first-order chi connectivity index (χ1) is 9.22. The predicted octanol–water partition coefficient (Wildman–Crippen LogP) is 5.82. The Hall–Kier alpha value is -0.300. The van der Waals surface area contributed by atoms with Crippen molar-refractivity contribution < 1.29 is 9.42 Å². The van der Waals surface area contributed by atoms with Crippen molar-refractivity contribution in [3.8, 4) is 5.75 Å². The Labute approximate surface area is 122 Å². The molecule has 2 nitrogen and oxygen atoms in total. The third kappa shape index (κ3) is 8.47. The van der Waals surface area contributed by atoms with Crippen molar-refractivity contribution in [3.63, 3.8) is 0 Å². The number of hydrogen-bond acceptors (Lipinski definition) is 2. The minimum absolute atomic E-state index is 0.631. The van der Waals surface area contributed by atoms with Crippen LogP contribution in [0.4, 0.5) is 0 Å². The van der Waals surface area contributed by atoms with E-state index in [1.165, 1.54) is 50.5 Å². The van der Waals surface area contributed by atoms with Gasteiger partial charge in [-0.25, -0.2) is 0 Å². The molecule has 0 amide bonds. The Morgan fingerprint density at radius 3 is 2.16 bits per heavy atom. The predicted molar refractivity (Wildman–Crippen MR) is 83.8 cm³/mol. The lowest BCUT2D eigenvalue weighted by Gasteiger charge is -2.06. The van der Waals surface area contributed by atoms with Crippen LogP contribution in [0.1, 0.15) is 57.4 Å². The normalized spacial score (nSPS) is 12.4. The van der Waals surface area contributed by atoms with Gasteiger partial charge in [0.1, 0.15) is 5.75 Å². The second-order valence-corrected chi connectivity index (χ2v) is 6.34. The van der Waals surface area contributed by atoms with E-state index < -0.39 is 7.73 Å². The van der Waals surface area contributed by atoms with Gasteiger partial charge in [0.25, 0.3) is 0 Å². The minimum atomic E-state index is -1.84. The molecule has 19 heavy (non-hydrogen) atoms. The first-order valence-electron chi connectivity index (χ1n) is 7.14. The smallest absolute Gasteiger partial charge is 0.335 e. The Bertz CT molecular complexity index is 327. The van der Waals surface area contributed by atoms with E-state index in [1.807, 2.05) is 24.3 Å². The number of hydrogen-bond donors (Lipinski definition) is 1. The van der Waals surface area contributed by atoms with Gasteiger partial charge in [-0.3, -0.25) is 0 Å². The lowest BCUT2D eigenvalue weighted by Crippen LogP contribution is -1.87. The highest BCUT2D eigenvalue weighted by atomic mass is 35.7. The van der Waals surface area contributed by atoms with Gasteiger partial charge in [0, 0.05) is 0 Å². The molecule has 4 heteroatoms. The Kier molecular flexibility index (Phi) is 9.24. The summed E-state index contributed by atoms with van der Waals surface area (Å²) >= 11 is 5.40. The van der Waals surface area contributed by atoms with Crippen LogP contribution in [0.15, 0.2) is 24.3 Å². The third-order valence-electron chi connectivity index (χ3n) is 3.17. The van der Waals surface area contributed by atoms with E-state index in [2.05, 4.69) is 6.92 Å². The first kappa shape index (κ1) is 16.8. The van der Waals surface area contributed by atoms with E-state index in [0.717, 1.165) is 6.42 Å². The fraction of sp³-hybridized carbons (Fsp3) is 0.600. The van der Waals surface area contributed by atoms with Gasteiger partial charge < -0.3 is 9.42 Å². The van der Waals surface area contributed by atoms with E-state index in [1.54, 1.807) is 0 Å². The van der Waals surface area contributed by atoms with Gasteiger partial charge in [0.2, 0.25) is 0 Å². The molecule has 1 rings (SSSR count). The van der Waals surface area contributed by atoms with Gasteiger partial charge in [0.15, 0.2) is 0 Å². The maximum absolute atomic E-state index is 8.95. The molecule has 1 atom stereocenters. The number of rotatable bonds is 10. The first-order valence-corrected chi connectivity index (χ1v) is 9.26. The second kappa shape index (κ2) is 10.5. The fourth-order valence-electron chi connectivity index (χ4n) is 2.09. The molecule has 0 aromatic heterocycles. The summed E-state index contributed by atoms with van der Waals surface area (Å²) < 4.78 is 5.04. The highest BCUT2D eigenvalue weighted by molar-refractivity contribution is 7.75. The zero-order valence-electron chi connectivity index (χ0n) is 11.6. The van der Waals surface area contributed by atoms with Crippen LogP contribution in [-0.4, -0.2) is 4.89 Å². The van der Waals surface area contributed by atoms with E-state index in [0.29, 0.717) is 5.75 Å².